The number of carbonyl (C=O) groups excluding carboxylic acids is 1. The maximum atomic E-state index is 12.9. The van der Waals surface area contributed by atoms with E-state index in [0.717, 1.165) is 27.7 Å². The molecule has 176 valence electrons. The van der Waals surface area contributed by atoms with Gasteiger partial charge in [0.15, 0.2) is 16.4 Å². The van der Waals surface area contributed by atoms with Crippen molar-refractivity contribution in [1.82, 2.24) is 9.55 Å². The number of ether oxygens (including phenoxy) is 1. The number of sulfone groups is 1. The van der Waals surface area contributed by atoms with Gasteiger partial charge >= 0.3 is 0 Å². The Morgan fingerprint density at radius 1 is 1.21 bits per heavy atom. The molecule has 1 fully saturated rings. The fourth-order valence-electron chi connectivity index (χ4n) is 4.27. The highest BCUT2D eigenvalue weighted by Gasteiger charge is 2.31. The van der Waals surface area contributed by atoms with Crippen LogP contribution in [0.15, 0.2) is 35.7 Å². The molecule has 0 N–H and O–H groups in total. The summed E-state index contributed by atoms with van der Waals surface area (Å²) in [6.45, 7) is 10.2. The van der Waals surface area contributed by atoms with Gasteiger partial charge in [0.05, 0.1) is 17.2 Å². The van der Waals surface area contributed by atoms with Crippen LogP contribution in [0.5, 0.6) is 5.75 Å². The fraction of sp³-hybridized carbons (Fsp3) is 0.440. The topological polar surface area (TPSA) is 78.3 Å². The molecule has 0 radical (unpaired) electrons. The molecule has 1 unspecified atom stereocenters. The van der Waals surface area contributed by atoms with Gasteiger partial charge in [0.25, 0.3) is 0 Å². The molecule has 8 heteroatoms. The Balaban J connectivity index is 1.42. The minimum Gasteiger partial charge on any atom is -0.485 e. The molecule has 0 bridgehead atoms. The number of aromatic nitrogens is 2. The Hall–Kier alpha value is -2.45. The zero-order chi connectivity index (χ0) is 24.0. The van der Waals surface area contributed by atoms with Gasteiger partial charge in [0, 0.05) is 39.4 Å². The van der Waals surface area contributed by atoms with E-state index in [0.29, 0.717) is 17.7 Å². The normalized spacial score (nSPS) is 17.9. The highest BCUT2D eigenvalue weighted by Crippen LogP contribution is 2.31. The Morgan fingerprint density at radius 3 is 2.48 bits per heavy atom. The van der Waals surface area contributed by atoms with Crippen molar-refractivity contribution in [3.05, 3.63) is 58.4 Å². The van der Waals surface area contributed by atoms with Crippen LogP contribution in [0.25, 0.3) is 10.6 Å². The average molecular weight is 487 g/mol. The largest absolute Gasteiger partial charge is 0.485 e. The smallest absolute Gasteiger partial charge is 0.202 e. The maximum absolute atomic E-state index is 12.9. The molecule has 2 aromatic heterocycles. The van der Waals surface area contributed by atoms with Crippen LogP contribution < -0.4 is 4.74 Å². The minimum absolute atomic E-state index is 0.0135. The van der Waals surface area contributed by atoms with Crippen molar-refractivity contribution in [3.8, 4) is 16.3 Å². The van der Waals surface area contributed by atoms with Crippen molar-refractivity contribution in [3.63, 3.8) is 0 Å². The first kappa shape index (κ1) is 23.7. The predicted molar refractivity (Wildman–Crippen MR) is 132 cm³/mol. The van der Waals surface area contributed by atoms with E-state index in [1.165, 1.54) is 0 Å². The second kappa shape index (κ2) is 8.72. The third-order valence-corrected chi connectivity index (χ3v) is 8.74. The lowest BCUT2D eigenvalue weighted by Crippen LogP contribution is -2.16. The van der Waals surface area contributed by atoms with Gasteiger partial charge in [-0.15, -0.1) is 11.3 Å². The third kappa shape index (κ3) is 5.06. The van der Waals surface area contributed by atoms with Crippen LogP contribution in [-0.4, -0.2) is 41.9 Å². The van der Waals surface area contributed by atoms with Crippen molar-refractivity contribution < 1.29 is 17.9 Å². The number of aryl methyl sites for hydroxylation is 1. The molecular weight excluding hydrogens is 456 g/mol. The molecular formula is C25H30N2O4S2. The van der Waals surface area contributed by atoms with Gasteiger partial charge in [-0.2, -0.15) is 0 Å². The first-order valence-electron chi connectivity index (χ1n) is 11.1. The van der Waals surface area contributed by atoms with Gasteiger partial charge in [-0.05, 0) is 50.6 Å². The summed E-state index contributed by atoms with van der Waals surface area (Å²) in [5.74, 6) is 0.843. The summed E-state index contributed by atoms with van der Waals surface area (Å²) < 4.78 is 31.5. The first-order valence-corrected chi connectivity index (χ1v) is 13.8. The van der Waals surface area contributed by atoms with Gasteiger partial charge in [-0.25, -0.2) is 13.4 Å². The van der Waals surface area contributed by atoms with E-state index < -0.39 is 9.84 Å². The number of nitrogens with zero attached hydrogens (tertiary/aromatic N) is 2. The van der Waals surface area contributed by atoms with Gasteiger partial charge in [-0.1, -0.05) is 20.8 Å². The molecule has 1 atom stereocenters. The second-order valence-electron chi connectivity index (χ2n) is 9.74. The monoisotopic (exact) mass is 486 g/mol. The Bertz CT molecular complexity index is 1280. The lowest BCUT2D eigenvalue weighted by atomic mass is 9.93. The Morgan fingerprint density at radius 2 is 1.91 bits per heavy atom. The molecule has 3 aromatic rings. The molecule has 0 aliphatic carbocycles. The van der Waals surface area contributed by atoms with Crippen LogP contribution in [0, 0.1) is 13.8 Å². The van der Waals surface area contributed by atoms with Crippen LogP contribution in [0.2, 0.25) is 0 Å². The van der Waals surface area contributed by atoms with Crippen molar-refractivity contribution in [2.24, 2.45) is 0 Å². The molecule has 1 aromatic carbocycles. The highest BCUT2D eigenvalue weighted by molar-refractivity contribution is 7.91. The SMILES string of the molecule is Cc1cc(C(=O)COc2ccc(-c3nc(C(C)(C)C)cs3)cc2)c(C)n1C1CCS(=O)(=O)C1. The third-order valence-electron chi connectivity index (χ3n) is 6.10. The summed E-state index contributed by atoms with van der Waals surface area (Å²) in [6, 6.07) is 9.36. The number of hydrogen-bond donors (Lipinski definition) is 0. The fourth-order valence-corrected chi connectivity index (χ4v) is 7.02. The summed E-state index contributed by atoms with van der Waals surface area (Å²) in [6.07, 6.45) is 0.589. The van der Waals surface area contributed by atoms with Crippen LogP contribution in [-0.2, 0) is 15.3 Å². The number of rotatable bonds is 6. The molecule has 0 saturated carbocycles. The van der Waals surface area contributed by atoms with E-state index in [2.05, 4.69) is 26.2 Å². The molecule has 6 nitrogen and oxygen atoms in total. The predicted octanol–water partition coefficient (Wildman–Crippen LogP) is 5.15. The van der Waals surface area contributed by atoms with Gasteiger partial charge < -0.3 is 9.30 Å². The number of carbonyl (C=O) groups is 1. The van der Waals surface area contributed by atoms with Crippen molar-refractivity contribution in [2.45, 2.75) is 52.5 Å². The standard InChI is InChI=1S/C25H30N2O4S2/c1-16-12-21(17(2)27(16)19-10-11-33(29,30)15-19)22(28)13-31-20-8-6-18(7-9-20)24-26-23(14-32-24)25(3,4)5/h6-9,12,14,19H,10-11,13,15H2,1-5H3. The minimum atomic E-state index is -3.00. The molecule has 1 aliphatic rings. The number of thiazole rings is 1. The molecule has 0 amide bonds. The number of benzene rings is 1. The van der Waals surface area contributed by atoms with Crippen LogP contribution in [0.1, 0.15) is 60.7 Å². The molecule has 1 aliphatic heterocycles. The Kier molecular flexibility index (Phi) is 6.26. The average Bonchev–Trinajstić information content (AvgIpc) is 3.44. The van der Waals surface area contributed by atoms with E-state index >= 15 is 0 Å². The van der Waals surface area contributed by atoms with E-state index in [1.54, 1.807) is 11.3 Å². The van der Waals surface area contributed by atoms with Gasteiger partial charge in [0.2, 0.25) is 5.78 Å². The second-order valence-corrected chi connectivity index (χ2v) is 12.8. The van der Waals surface area contributed by atoms with Crippen LogP contribution >= 0.6 is 11.3 Å². The lowest BCUT2D eigenvalue weighted by Gasteiger charge is -2.16. The van der Waals surface area contributed by atoms with E-state index in [1.807, 2.05) is 48.7 Å². The lowest BCUT2D eigenvalue weighted by molar-refractivity contribution is 0.0920. The van der Waals surface area contributed by atoms with Crippen molar-refractivity contribution in [2.75, 3.05) is 18.1 Å². The van der Waals surface area contributed by atoms with Crippen molar-refractivity contribution >= 4 is 27.0 Å². The highest BCUT2D eigenvalue weighted by atomic mass is 32.2. The maximum Gasteiger partial charge on any atom is 0.202 e. The molecule has 4 rings (SSSR count). The van der Waals surface area contributed by atoms with Crippen molar-refractivity contribution in [1.29, 1.82) is 0 Å². The van der Waals surface area contributed by atoms with Crippen LogP contribution in [0.4, 0.5) is 0 Å². The zero-order valence-corrected chi connectivity index (χ0v) is 21.3. The molecule has 0 spiro atoms. The summed E-state index contributed by atoms with van der Waals surface area (Å²) >= 11 is 1.62. The van der Waals surface area contributed by atoms with Gasteiger partial charge in [-0.3, -0.25) is 4.79 Å². The summed E-state index contributed by atoms with van der Waals surface area (Å²) in [5.41, 5.74) is 4.40. The Labute approximate surface area is 199 Å². The number of hydrogen-bond acceptors (Lipinski definition) is 6. The summed E-state index contributed by atoms with van der Waals surface area (Å²) in [5, 5.41) is 3.06. The summed E-state index contributed by atoms with van der Waals surface area (Å²) in [4.78, 5) is 17.6. The van der Waals surface area contributed by atoms with Crippen LogP contribution in [0.3, 0.4) is 0 Å². The van der Waals surface area contributed by atoms with E-state index in [9.17, 15) is 13.2 Å². The molecule has 3 heterocycles. The number of Topliss-reactive ketones (excluding diaryl/α,β-unsaturated/α-hetero) is 1. The van der Waals surface area contributed by atoms with E-state index in [4.69, 9.17) is 9.72 Å². The summed E-state index contributed by atoms with van der Waals surface area (Å²) in [7, 11) is -3.00. The molecule has 1 saturated heterocycles. The zero-order valence-electron chi connectivity index (χ0n) is 19.7. The van der Waals surface area contributed by atoms with Gasteiger partial charge in [0.1, 0.15) is 10.8 Å². The van der Waals surface area contributed by atoms with E-state index in [-0.39, 0.29) is 35.4 Å². The number of ketones is 1. The molecule has 33 heavy (non-hydrogen) atoms. The quantitative estimate of drug-likeness (QED) is 0.451. The first-order chi connectivity index (χ1) is 15.4.